The van der Waals surface area contributed by atoms with E-state index in [0.29, 0.717) is 44.8 Å². The summed E-state index contributed by atoms with van der Waals surface area (Å²) in [5, 5.41) is 0. The van der Waals surface area contributed by atoms with E-state index >= 15 is 0 Å². The van der Waals surface area contributed by atoms with E-state index in [1.165, 1.54) is 0 Å². The summed E-state index contributed by atoms with van der Waals surface area (Å²) in [7, 11) is 0. The molecular formula is C41H51F3N2O5. The zero-order valence-electron chi connectivity index (χ0n) is 29.9. The van der Waals surface area contributed by atoms with Gasteiger partial charge in [-0.05, 0) is 125 Å². The summed E-state index contributed by atoms with van der Waals surface area (Å²) in [6.45, 7) is 6.25. The molecule has 0 N–H and O–H groups in total. The number of hydrogen-bond acceptors (Lipinski definition) is 7. The number of aromatic nitrogens is 1. The van der Waals surface area contributed by atoms with Crippen LogP contribution in [0.15, 0.2) is 60.7 Å². The first kappa shape index (κ1) is 38.3. The van der Waals surface area contributed by atoms with E-state index in [-0.39, 0.29) is 30.8 Å². The fraction of sp³-hybridized carbons (Fsp3) is 0.537. The first-order valence-corrected chi connectivity index (χ1v) is 18.6. The standard InChI is InChI=1S/C41H51F3N2O5/c1-3-49-39(47)14-7-8-26-46(37-12-9-11-35-34(37)23-24-36(45-35)40(48)50-4-2)27-25-32-10-5-6-13-38(32)51-28-29-15-17-30(18-16-29)31-19-21-33(22-20-31)41(42,43)44/h5-6,10,13,15-18,23-24,31,33,37H,3-4,7-9,11-12,14,19-22,25-28H2,1-2H3/t31-,33-,37?. The van der Waals surface area contributed by atoms with Crippen molar-refractivity contribution in [2.45, 2.75) is 109 Å². The Kier molecular flexibility index (Phi) is 13.9. The molecule has 2 aliphatic carbocycles. The first-order valence-electron chi connectivity index (χ1n) is 18.6. The van der Waals surface area contributed by atoms with Crippen LogP contribution in [-0.4, -0.2) is 54.3 Å². The Labute approximate surface area is 299 Å². The molecule has 0 spiro atoms. The topological polar surface area (TPSA) is 78.0 Å². The van der Waals surface area contributed by atoms with Crippen LogP contribution in [0.4, 0.5) is 13.2 Å². The van der Waals surface area contributed by atoms with E-state index in [4.69, 9.17) is 19.2 Å². The predicted octanol–water partition coefficient (Wildman–Crippen LogP) is 9.33. The number of pyridine rings is 1. The second kappa shape index (κ2) is 18.5. The predicted molar refractivity (Wildman–Crippen MR) is 190 cm³/mol. The van der Waals surface area contributed by atoms with Crippen molar-refractivity contribution < 1.29 is 37.0 Å². The molecule has 1 atom stereocenters. The maximum atomic E-state index is 13.1. The van der Waals surface area contributed by atoms with Crippen molar-refractivity contribution in [3.05, 3.63) is 94.3 Å². The molecule has 10 heteroatoms. The lowest BCUT2D eigenvalue weighted by atomic mass is 9.78. The van der Waals surface area contributed by atoms with Crippen LogP contribution in [0.2, 0.25) is 0 Å². The molecule has 1 unspecified atom stereocenters. The SMILES string of the molecule is CCOC(=O)CCCCN(CCc1ccccc1OCc1ccc([C@H]2CC[C@H](C(F)(F)F)CC2)cc1)C1CCCc2nc(C(=O)OCC)ccc21. The highest BCUT2D eigenvalue weighted by Gasteiger charge is 2.41. The van der Waals surface area contributed by atoms with Gasteiger partial charge in [0.1, 0.15) is 18.1 Å². The van der Waals surface area contributed by atoms with Crippen molar-refractivity contribution in [2.24, 2.45) is 5.92 Å². The zero-order valence-corrected chi connectivity index (χ0v) is 29.9. The highest BCUT2D eigenvalue weighted by atomic mass is 19.4. The van der Waals surface area contributed by atoms with Crippen LogP contribution >= 0.6 is 0 Å². The van der Waals surface area contributed by atoms with Gasteiger partial charge in [-0.3, -0.25) is 9.69 Å². The number of ether oxygens (including phenoxy) is 3. The van der Waals surface area contributed by atoms with Crippen molar-refractivity contribution in [1.29, 1.82) is 0 Å². The van der Waals surface area contributed by atoms with Gasteiger partial charge < -0.3 is 14.2 Å². The van der Waals surface area contributed by atoms with Crippen LogP contribution < -0.4 is 4.74 Å². The van der Waals surface area contributed by atoms with Gasteiger partial charge in [0.2, 0.25) is 0 Å². The van der Waals surface area contributed by atoms with Gasteiger partial charge in [-0.2, -0.15) is 13.2 Å². The van der Waals surface area contributed by atoms with Crippen LogP contribution in [-0.2, 0) is 33.7 Å². The summed E-state index contributed by atoms with van der Waals surface area (Å²) in [4.78, 5) is 31.6. The maximum Gasteiger partial charge on any atom is 0.391 e. The number of alkyl halides is 3. The van der Waals surface area contributed by atoms with E-state index in [9.17, 15) is 22.8 Å². The second-order valence-corrected chi connectivity index (χ2v) is 13.6. The summed E-state index contributed by atoms with van der Waals surface area (Å²) in [5.74, 6) is -0.765. The number of carbonyl (C=O) groups excluding carboxylic acids is 2. The van der Waals surface area contributed by atoms with Gasteiger partial charge >= 0.3 is 18.1 Å². The summed E-state index contributed by atoms with van der Waals surface area (Å²) in [6.07, 6.45) is 2.90. The van der Waals surface area contributed by atoms with Crippen LogP contribution in [0, 0.1) is 5.92 Å². The normalized spacial score (nSPS) is 19.0. The van der Waals surface area contributed by atoms with E-state index in [2.05, 4.69) is 11.0 Å². The first-order chi connectivity index (χ1) is 24.7. The number of aryl methyl sites for hydroxylation is 1. The maximum absolute atomic E-state index is 13.1. The second-order valence-electron chi connectivity index (χ2n) is 13.6. The van der Waals surface area contributed by atoms with Crippen LogP contribution in [0.25, 0.3) is 0 Å². The molecule has 1 saturated carbocycles. The number of halogens is 3. The molecule has 5 rings (SSSR count). The smallest absolute Gasteiger partial charge is 0.391 e. The van der Waals surface area contributed by atoms with Gasteiger partial charge in [0.15, 0.2) is 0 Å². The molecule has 1 aromatic heterocycles. The molecule has 0 amide bonds. The van der Waals surface area contributed by atoms with Crippen LogP contribution in [0.3, 0.4) is 0 Å². The van der Waals surface area contributed by atoms with Gasteiger partial charge in [-0.15, -0.1) is 0 Å². The number of carbonyl (C=O) groups is 2. The third kappa shape index (κ3) is 10.8. The van der Waals surface area contributed by atoms with Crippen LogP contribution in [0.1, 0.15) is 122 Å². The molecule has 0 radical (unpaired) electrons. The lowest BCUT2D eigenvalue weighted by molar-refractivity contribution is -0.182. The third-order valence-electron chi connectivity index (χ3n) is 10.2. The van der Waals surface area contributed by atoms with Crippen molar-refractivity contribution in [1.82, 2.24) is 9.88 Å². The minimum Gasteiger partial charge on any atom is -0.489 e. The zero-order chi connectivity index (χ0) is 36.2. The van der Waals surface area contributed by atoms with Crippen LogP contribution in [0.5, 0.6) is 5.75 Å². The number of nitrogens with zero attached hydrogens (tertiary/aromatic N) is 2. The Bertz CT molecular complexity index is 1570. The van der Waals surface area contributed by atoms with E-state index in [1.54, 1.807) is 13.0 Å². The number of benzene rings is 2. The summed E-state index contributed by atoms with van der Waals surface area (Å²) >= 11 is 0. The van der Waals surface area contributed by atoms with Gasteiger partial charge in [0.05, 0.1) is 19.1 Å². The average molecular weight is 709 g/mol. The Morgan fingerprint density at radius 1 is 0.863 bits per heavy atom. The molecule has 1 fully saturated rings. The Morgan fingerprint density at radius 3 is 2.33 bits per heavy atom. The molecular weight excluding hydrogens is 657 g/mol. The molecule has 0 bridgehead atoms. The monoisotopic (exact) mass is 708 g/mol. The fourth-order valence-electron chi connectivity index (χ4n) is 7.49. The highest BCUT2D eigenvalue weighted by Crippen LogP contribution is 2.43. The van der Waals surface area contributed by atoms with Crippen molar-refractivity contribution in [3.63, 3.8) is 0 Å². The number of fused-ring (bicyclic) bond motifs is 1. The molecule has 3 aromatic rings. The summed E-state index contributed by atoms with van der Waals surface area (Å²) in [5.41, 5.74) is 5.62. The minimum absolute atomic E-state index is 0.134. The van der Waals surface area contributed by atoms with Crippen molar-refractivity contribution >= 4 is 11.9 Å². The minimum atomic E-state index is -4.10. The molecule has 276 valence electrons. The van der Waals surface area contributed by atoms with Gasteiger partial charge in [-0.1, -0.05) is 48.5 Å². The van der Waals surface area contributed by atoms with E-state index < -0.39 is 18.1 Å². The van der Waals surface area contributed by atoms with Gasteiger partial charge in [-0.25, -0.2) is 9.78 Å². The van der Waals surface area contributed by atoms with Gasteiger partial charge in [0.25, 0.3) is 0 Å². The number of hydrogen-bond donors (Lipinski definition) is 0. The van der Waals surface area contributed by atoms with Crippen molar-refractivity contribution in [3.8, 4) is 5.75 Å². The summed E-state index contributed by atoms with van der Waals surface area (Å²) in [6, 6.07) is 20.1. The largest absolute Gasteiger partial charge is 0.489 e. The molecule has 2 aliphatic rings. The number of para-hydroxylation sites is 1. The molecule has 7 nitrogen and oxygen atoms in total. The molecule has 2 aromatic carbocycles. The molecule has 51 heavy (non-hydrogen) atoms. The summed E-state index contributed by atoms with van der Waals surface area (Å²) < 4.78 is 56.0. The number of rotatable bonds is 16. The fourth-order valence-corrected chi connectivity index (χ4v) is 7.49. The lowest BCUT2D eigenvalue weighted by Crippen LogP contribution is -2.34. The highest BCUT2D eigenvalue weighted by molar-refractivity contribution is 5.87. The molecule has 1 heterocycles. The quantitative estimate of drug-likeness (QED) is 0.108. The van der Waals surface area contributed by atoms with Crippen molar-refractivity contribution in [2.75, 3.05) is 26.3 Å². The Morgan fingerprint density at radius 2 is 1.61 bits per heavy atom. The third-order valence-corrected chi connectivity index (χ3v) is 10.2. The number of esters is 2. The average Bonchev–Trinajstić information content (AvgIpc) is 3.14. The Hall–Kier alpha value is -3.92. The Balaban J connectivity index is 1.23. The molecule has 0 aliphatic heterocycles. The molecule has 0 saturated heterocycles. The number of unbranched alkanes of at least 4 members (excludes halogenated alkanes) is 1. The van der Waals surface area contributed by atoms with Gasteiger partial charge in [0, 0.05) is 24.7 Å². The lowest BCUT2D eigenvalue weighted by Gasteiger charge is -2.36. The van der Waals surface area contributed by atoms with E-state index in [0.717, 1.165) is 85.3 Å². The van der Waals surface area contributed by atoms with E-state index in [1.807, 2.05) is 55.5 Å².